The predicted octanol–water partition coefficient (Wildman–Crippen LogP) is 4.67. The standard InChI is InChI=1S/C55H59ClN10O11/c1-31(2)24-41(61-53(74)43(30-67)62-50(71)32(3)57-46(68)10-7-19-65-47(69)17-18-48(65)70)52(73)58-36-13-11-33(12-14-36)51(72)59-37-15-16-40-34(25-37)26-42(60-40)54(75)66-29-35(28-56)49-39-9-6-5-8-38(39)45(27-44(49)66)77-55(76)64-22-20-63(4)21-23-64/h5-6,8-9,11-18,25-27,30-32,35,41,43,60H,7,10,19-24,28-29H2,1-4H3,(H,57,68)(H,58,73)(H,59,72)(H,61,74)(H,62,71)/t32-,35+,41-,43?/m0/s1. The molecule has 3 aliphatic heterocycles. The lowest BCUT2D eigenvalue weighted by atomic mass is 9.95. The number of hydrogen-bond acceptors (Lipinski definition) is 12. The third-order valence-corrected chi connectivity index (χ3v) is 13.9. The number of nitrogens with zero attached hydrogens (tertiary/aromatic N) is 4. The van der Waals surface area contributed by atoms with Gasteiger partial charge in [-0.3, -0.25) is 43.3 Å². The summed E-state index contributed by atoms with van der Waals surface area (Å²) in [6.07, 6.45) is 2.20. The second-order valence-electron chi connectivity index (χ2n) is 19.7. The first-order valence-electron chi connectivity index (χ1n) is 25.2. The molecule has 1 fully saturated rings. The molecule has 0 radical (unpaired) electrons. The lowest BCUT2D eigenvalue weighted by Crippen LogP contribution is -2.56. The summed E-state index contributed by atoms with van der Waals surface area (Å²) in [5.41, 5.74) is 3.44. The Bertz CT molecular complexity index is 3170. The Kier molecular flexibility index (Phi) is 17.1. The molecule has 1 aromatic heterocycles. The zero-order valence-corrected chi connectivity index (χ0v) is 43.6. The Labute approximate surface area is 448 Å². The molecule has 0 saturated carbocycles. The number of rotatable bonds is 19. The number of fused-ring (bicyclic) bond motifs is 4. The molecule has 1 saturated heterocycles. The number of benzene rings is 4. The van der Waals surface area contributed by atoms with Gasteiger partial charge in [0.05, 0.1) is 5.69 Å². The average Bonchev–Trinajstić information content (AvgIpc) is 4.19. The lowest BCUT2D eigenvalue weighted by Gasteiger charge is -2.31. The summed E-state index contributed by atoms with van der Waals surface area (Å²) < 4.78 is 6.04. The Balaban J connectivity index is 0.864. The number of H-pyrrole nitrogens is 1. The number of piperazine rings is 1. The van der Waals surface area contributed by atoms with Crippen LogP contribution in [0.4, 0.5) is 21.9 Å². The van der Waals surface area contributed by atoms with Gasteiger partial charge < -0.3 is 55.8 Å². The van der Waals surface area contributed by atoms with Gasteiger partial charge in [-0.2, -0.15) is 0 Å². The number of aromatic nitrogens is 1. The molecule has 402 valence electrons. The fourth-order valence-electron chi connectivity index (χ4n) is 9.40. The summed E-state index contributed by atoms with van der Waals surface area (Å²) in [6, 6.07) is 18.2. The number of aromatic amines is 1. The maximum Gasteiger partial charge on any atom is 0.415 e. The number of nitrogens with one attached hydrogen (secondary N) is 6. The molecule has 0 aliphatic carbocycles. The molecule has 8 rings (SSSR count). The Hall–Kier alpha value is -8.43. The molecular formula is C55H59ClN10O11. The highest BCUT2D eigenvalue weighted by molar-refractivity contribution is 6.19. The van der Waals surface area contributed by atoms with Gasteiger partial charge in [0.1, 0.15) is 23.5 Å². The van der Waals surface area contributed by atoms with Crippen molar-refractivity contribution in [3.63, 3.8) is 0 Å². The van der Waals surface area contributed by atoms with E-state index in [1.54, 1.807) is 40.1 Å². The van der Waals surface area contributed by atoms with Crippen molar-refractivity contribution in [3.8, 4) is 5.75 Å². The fraction of sp³-hybridized carbons (Fsp3) is 0.345. The predicted molar refractivity (Wildman–Crippen MR) is 288 cm³/mol. The molecular weight excluding hydrogens is 1010 g/mol. The number of likely N-dealkylation sites (N-methyl/N-ethyl adjacent to an activating group) is 1. The SMILES string of the molecule is CC(C)C[C@H](NC(=O)C(C=O)NC(=O)[C@H](C)NC(=O)CCCN1C(=O)C=CC1=O)C(=O)Nc1ccc(C(=O)Nc2ccc3[nH]c(C(=O)N4C[C@@H](CCl)c5c4cc(OC(=O)N4CCN(C)CC4)c4ccccc54)cc3c2)cc1. The van der Waals surface area contributed by atoms with Gasteiger partial charge in [0, 0.05) is 109 Å². The minimum Gasteiger partial charge on any atom is -0.409 e. The fourth-order valence-corrected chi connectivity index (χ4v) is 9.66. The quantitative estimate of drug-likeness (QED) is 0.0285. The molecule has 0 bridgehead atoms. The van der Waals surface area contributed by atoms with Crippen molar-refractivity contribution in [2.24, 2.45) is 5.92 Å². The average molecular weight is 1070 g/mol. The molecule has 0 spiro atoms. The summed E-state index contributed by atoms with van der Waals surface area (Å²) in [5.74, 6) is -4.42. The van der Waals surface area contributed by atoms with Crippen LogP contribution < -0.4 is 36.2 Å². The summed E-state index contributed by atoms with van der Waals surface area (Å²) in [4.78, 5) is 139. The molecule has 21 nitrogen and oxygen atoms in total. The maximum absolute atomic E-state index is 14.4. The van der Waals surface area contributed by atoms with E-state index in [1.807, 2.05) is 45.2 Å². The van der Waals surface area contributed by atoms with Crippen LogP contribution in [0.15, 0.2) is 91.0 Å². The second kappa shape index (κ2) is 24.1. The van der Waals surface area contributed by atoms with Crippen molar-refractivity contribution in [2.75, 3.05) is 67.7 Å². The number of anilines is 3. The van der Waals surface area contributed by atoms with E-state index in [2.05, 4.69) is 36.5 Å². The topological polar surface area (TPSA) is 269 Å². The van der Waals surface area contributed by atoms with E-state index in [9.17, 15) is 47.9 Å². The molecule has 5 aromatic rings. The van der Waals surface area contributed by atoms with Crippen LogP contribution in [-0.2, 0) is 33.6 Å². The Morgan fingerprint density at radius 2 is 1.48 bits per heavy atom. The van der Waals surface area contributed by atoms with Crippen LogP contribution in [-0.4, -0.2) is 150 Å². The number of ether oxygens (including phenoxy) is 1. The normalized spacial score (nSPS) is 16.5. The zero-order valence-electron chi connectivity index (χ0n) is 42.9. The Morgan fingerprint density at radius 3 is 2.16 bits per heavy atom. The van der Waals surface area contributed by atoms with Crippen LogP contribution in [0, 0.1) is 5.92 Å². The van der Waals surface area contributed by atoms with Crippen LogP contribution in [0.2, 0.25) is 0 Å². The van der Waals surface area contributed by atoms with Crippen molar-refractivity contribution in [3.05, 3.63) is 108 Å². The van der Waals surface area contributed by atoms with Crippen LogP contribution in [0.25, 0.3) is 21.7 Å². The minimum absolute atomic E-state index is 0.0116. The molecule has 3 aliphatic rings. The molecule has 77 heavy (non-hydrogen) atoms. The van der Waals surface area contributed by atoms with Gasteiger partial charge in [0.2, 0.25) is 17.7 Å². The van der Waals surface area contributed by atoms with Gasteiger partial charge in [0.15, 0.2) is 12.3 Å². The minimum atomic E-state index is -1.70. The molecule has 22 heteroatoms. The van der Waals surface area contributed by atoms with Crippen LogP contribution >= 0.6 is 11.6 Å². The van der Waals surface area contributed by atoms with Gasteiger partial charge in [-0.1, -0.05) is 38.1 Å². The lowest BCUT2D eigenvalue weighted by molar-refractivity contribution is -0.137. The zero-order chi connectivity index (χ0) is 55.1. The highest BCUT2D eigenvalue weighted by Gasteiger charge is 2.37. The number of hydrogen-bond donors (Lipinski definition) is 6. The highest BCUT2D eigenvalue weighted by Crippen LogP contribution is 2.46. The molecule has 4 atom stereocenters. The van der Waals surface area contributed by atoms with Crippen molar-refractivity contribution in [2.45, 2.75) is 64.1 Å². The van der Waals surface area contributed by atoms with Gasteiger partial charge in [-0.15, -0.1) is 11.6 Å². The number of imide groups is 1. The summed E-state index contributed by atoms with van der Waals surface area (Å²) in [7, 11) is 2.00. The third kappa shape index (κ3) is 12.8. The van der Waals surface area contributed by atoms with Crippen LogP contribution in [0.5, 0.6) is 5.75 Å². The van der Waals surface area contributed by atoms with E-state index < -0.39 is 65.6 Å². The van der Waals surface area contributed by atoms with Crippen molar-refractivity contribution in [1.82, 2.24) is 35.6 Å². The van der Waals surface area contributed by atoms with Crippen LogP contribution in [0.1, 0.15) is 72.4 Å². The molecule has 1 unspecified atom stereocenters. The van der Waals surface area contributed by atoms with E-state index >= 15 is 0 Å². The van der Waals surface area contributed by atoms with E-state index in [0.29, 0.717) is 59.0 Å². The smallest absolute Gasteiger partial charge is 0.409 e. The first-order chi connectivity index (χ1) is 36.9. The van der Waals surface area contributed by atoms with E-state index in [1.165, 1.54) is 31.2 Å². The maximum atomic E-state index is 14.4. The summed E-state index contributed by atoms with van der Waals surface area (Å²) >= 11 is 6.55. The molecule has 6 N–H and O–H groups in total. The largest absolute Gasteiger partial charge is 0.415 e. The molecule has 4 heterocycles. The van der Waals surface area contributed by atoms with Gasteiger partial charge in [-0.25, -0.2) is 4.79 Å². The van der Waals surface area contributed by atoms with Crippen molar-refractivity contribution in [1.29, 1.82) is 0 Å². The third-order valence-electron chi connectivity index (χ3n) is 13.6. The number of carbonyl (C=O) groups is 10. The second-order valence-corrected chi connectivity index (χ2v) is 20.0. The van der Waals surface area contributed by atoms with Gasteiger partial charge in [0.25, 0.3) is 29.5 Å². The Morgan fingerprint density at radius 1 is 0.792 bits per heavy atom. The number of amides is 9. The number of carbonyl (C=O) groups excluding carboxylic acids is 10. The first kappa shape index (κ1) is 54.8. The van der Waals surface area contributed by atoms with Gasteiger partial charge in [-0.05, 0) is 92.2 Å². The number of alkyl halides is 1. The van der Waals surface area contributed by atoms with E-state index in [0.717, 1.165) is 46.5 Å². The number of aldehydes is 1. The summed E-state index contributed by atoms with van der Waals surface area (Å²) in [6.45, 7) is 7.85. The number of halogens is 1. The first-order valence-corrected chi connectivity index (χ1v) is 25.8. The van der Waals surface area contributed by atoms with E-state index in [4.69, 9.17) is 16.3 Å². The molecule has 4 aromatic carbocycles. The van der Waals surface area contributed by atoms with Gasteiger partial charge >= 0.3 is 6.09 Å². The monoisotopic (exact) mass is 1070 g/mol. The summed E-state index contributed by atoms with van der Waals surface area (Å²) in [5, 5.41) is 15.1. The van der Waals surface area contributed by atoms with E-state index in [-0.39, 0.29) is 61.3 Å². The van der Waals surface area contributed by atoms with Crippen LogP contribution in [0.3, 0.4) is 0 Å². The van der Waals surface area contributed by atoms with Crippen molar-refractivity contribution < 1.29 is 52.7 Å². The van der Waals surface area contributed by atoms with Crippen molar-refractivity contribution >= 4 is 110 Å². The molecule has 9 amide bonds. The highest BCUT2D eigenvalue weighted by atomic mass is 35.5.